The standard InChI is InChI=1S/C17H22N2O4S/c1-10-8-14(12(3)19(10)6-7-22-5)15(20)9-23-17(21)16-11(2)18-13(4)24-16/h8H,6-7,9H2,1-5H3. The fourth-order valence-electron chi connectivity index (χ4n) is 2.61. The summed E-state index contributed by atoms with van der Waals surface area (Å²) in [5.41, 5.74) is 3.05. The predicted octanol–water partition coefficient (Wildman–Crippen LogP) is 2.86. The fourth-order valence-corrected chi connectivity index (χ4v) is 3.42. The summed E-state index contributed by atoms with van der Waals surface area (Å²) in [4.78, 5) is 29.1. The Hall–Kier alpha value is -1.99. The summed E-state index contributed by atoms with van der Waals surface area (Å²) in [5.74, 6) is -0.710. The summed E-state index contributed by atoms with van der Waals surface area (Å²) in [5, 5.41) is 0.799. The summed E-state index contributed by atoms with van der Waals surface area (Å²) in [6.07, 6.45) is 0. The number of aryl methyl sites for hydroxylation is 3. The zero-order chi connectivity index (χ0) is 17.9. The van der Waals surface area contributed by atoms with Gasteiger partial charge in [0.15, 0.2) is 6.61 Å². The van der Waals surface area contributed by atoms with Gasteiger partial charge in [-0.15, -0.1) is 11.3 Å². The van der Waals surface area contributed by atoms with E-state index in [1.54, 1.807) is 14.0 Å². The second-order valence-electron chi connectivity index (χ2n) is 5.58. The molecule has 0 fully saturated rings. The highest BCUT2D eigenvalue weighted by molar-refractivity contribution is 7.13. The summed E-state index contributed by atoms with van der Waals surface area (Å²) < 4.78 is 12.3. The molecule has 0 amide bonds. The van der Waals surface area contributed by atoms with Gasteiger partial charge in [0.05, 0.1) is 17.3 Å². The first-order valence-corrected chi connectivity index (χ1v) is 8.46. The van der Waals surface area contributed by atoms with Crippen molar-refractivity contribution < 1.29 is 19.1 Å². The van der Waals surface area contributed by atoms with Crippen molar-refractivity contribution in [3.63, 3.8) is 0 Å². The molecule has 130 valence electrons. The van der Waals surface area contributed by atoms with E-state index < -0.39 is 5.97 Å². The average Bonchev–Trinajstić information content (AvgIpc) is 3.02. The van der Waals surface area contributed by atoms with Gasteiger partial charge >= 0.3 is 5.97 Å². The molecule has 0 N–H and O–H groups in total. The summed E-state index contributed by atoms with van der Waals surface area (Å²) in [7, 11) is 1.64. The Morgan fingerprint density at radius 1 is 1.25 bits per heavy atom. The van der Waals surface area contributed by atoms with Crippen molar-refractivity contribution in [3.05, 3.63) is 38.6 Å². The van der Waals surface area contributed by atoms with Crippen LogP contribution in [-0.4, -0.2) is 41.6 Å². The third-order valence-electron chi connectivity index (χ3n) is 3.82. The molecule has 0 bridgehead atoms. The molecule has 2 rings (SSSR count). The van der Waals surface area contributed by atoms with Crippen LogP contribution in [0.3, 0.4) is 0 Å². The van der Waals surface area contributed by atoms with Gasteiger partial charge in [0.25, 0.3) is 0 Å². The zero-order valence-electron chi connectivity index (χ0n) is 14.6. The molecule has 7 heteroatoms. The van der Waals surface area contributed by atoms with Crippen LogP contribution in [0.25, 0.3) is 0 Å². The van der Waals surface area contributed by atoms with Gasteiger partial charge in [-0.05, 0) is 33.8 Å². The molecule has 2 aromatic heterocycles. The highest BCUT2D eigenvalue weighted by Crippen LogP contribution is 2.19. The van der Waals surface area contributed by atoms with Crippen LogP contribution in [0, 0.1) is 27.7 Å². The minimum absolute atomic E-state index is 0.209. The first-order valence-electron chi connectivity index (χ1n) is 7.65. The maximum atomic E-state index is 12.4. The van der Waals surface area contributed by atoms with Crippen LogP contribution < -0.4 is 0 Å². The van der Waals surface area contributed by atoms with Crippen molar-refractivity contribution in [1.82, 2.24) is 9.55 Å². The summed E-state index contributed by atoms with van der Waals surface area (Å²) in [6.45, 7) is 8.39. The first-order chi connectivity index (χ1) is 11.3. The minimum Gasteiger partial charge on any atom is -0.453 e. The molecule has 0 saturated heterocycles. The monoisotopic (exact) mass is 350 g/mol. The van der Waals surface area contributed by atoms with E-state index in [4.69, 9.17) is 9.47 Å². The number of aromatic nitrogens is 2. The molecule has 24 heavy (non-hydrogen) atoms. The maximum Gasteiger partial charge on any atom is 0.350 e. The van der Waals surface area contributed by atoms with Gasteiger partial charge in [-0.2, -0.15) is 0 Å². The number of thiazole rings is 1. The summed E-state index contributed by atoms with van der Waals surface area (Å²) in [6, 6.07) is 1.82. The lowest BCUT2D eigenvalue weighted by atomic mass is 10.1. The van der Waals surface area contributed by atoms with Gasteiger partial charge in [-0.3, -0.25) is 4.79 Å². The Morgan fingerprint density at radius 3 is 2.54 bits per heavy atom. The number of ketones is 1. The van der Waals surface area contributed by atoms with Crippen LogP contribution in [0.2, 0.25) is 0 Å². The van der Waals surface area contributed by atoms with E-state index in [2.05, 4.69) is 4.98 Å². The summed E-state index contributed by atoms with van der Waals surface area (Å²) >= 11 is 1.27. The minimum atomic E-state index is -0.500. The van der Waals surface area contributed by atoms with Crippen molar-refractivity contribution in [2.45, 2.75) is 34.2 Å². The Balaban J connectivity index is 2.05. The zero-order valence-corrected chi connectivity index (χ0v) is 15.5. The SMILES string of the molecule is COCCn1c(C)cc(C(=O)COC(=O)c2sc(C)nc2C)c1C. The Kier molecular flexibility index (Phi) is 5.90. The van der Waals surface area contributed by atoms with Crippen LogP contribution in [0.5, 0.6) is 0 Å². The number of ether oxygens (including phenoxy) is 2. The number of nitrogens with zero attached hydrogens (tertiary/aromatic N) is 2. The smallest absolute Gasteiger partial charge is 0.350 e. The molecular weight excluding hydrogens is 328 g/mol. The normalized spacial score (nSPS) is 10.9. The topological polar surface area (TPSA) is 70.4 Å². The molecule has 2 aromatic rings. The molecule has 0 unspecified atom stereocenters. The maximum absolute atomic E-state index is 12.4. The van der Waals surface area contributed by atoms with E-state index in [1.807, 2.05) is 31.4 Å². The molecule has 0 aliphatic heterocycles. The number of hydrogen-bond donors (Lipinski definition) is 0. The molecule has 0 radical (unpaired) electrons. The molecule has 0 atom stereocenters. The van der Waals surface area contributed by atoms with Crippen molar-refractivity contribution in [1.29, 1.82) is 0 Å². The largest absolute Gasteiger partial charge is 0.453 e. The van der Waals surface area contributed by atoms with E-state index in [0.29, 0.717) is 29.3 Å². The Morgan fingerprint density at radius 2 is 1.96 bits per heavy atom. The molecule has 2 heterocycles. The van der Waals surface area contributed by atoms with Crippen LogP contribution in [0.4, 0.5) is 0 Å². The second kappa shape index (κ2) is 7.72. The molecule has 0 aromatic carbocycles. The number of carbonyl (C=O) groups excluding carboxylic acids is 2. The number of carbonyl (C=O) groups is 2. The predicted molar refractivity (Wildman–Crippen MR) is 92.0 cm³/mol. The van der Waals surface area contributed by atoms with Gasteiger partial charge in [-0.25, -0.2) is 9.78 Å². The molecule has 0 saturated carbocycles. The van der Waals surface area contributed by atoms with Gasteiger partial charge in [0.1, 0.15) is 4.88 Å². The number of hydrogen-bond acceptors (Lipinski definition) is 6. The quantitative estimate of drug-likeness (QED) is 0.567. The number of Topliss-reactive ketones (excluding diaryl/α,β-unsaturated/α-hetero) is 1. The van der Waals surface area contributed by atoms with E-state index in [-0.39, 0.29) is 12.4 Å². The van der Waals surface area contributed by atoms with Crippen molar-refractivity contribution in [2.24, 2.45) is 0 Å². The lowest BCUT2D eigenvalue weighted by Gasteiger charge is -2.09. The van der Waals surface area contributed by atoms with Crippen molar-refractivity contribution in [3.8, 4) is 0 Å². The lowest BCUT2D eigenvalue weighted by molar-refractivity contribution is 0.0478. The van der Waals surface area contributed by atoms with E-state index in [1.165, 1.54) is 11.3 Å². The number of rotatable bonds is 7. The average molecular weight is 350 g/mol. The van der Waals surface area contributed by atoms with Crippen LogP contribution >= 0.6 is 11.3 Å². The van der Waals surface area contributed by atoms with E-state index >= 15 is 0 Å². The Bertz CT molecular complexity index is 761. The first kappa shape index (κ1) is 18.4. The third kappa shape index (κ3) is 3.91. The second-order valence-corrected chi connectivity index (χ2v) is 6.78. The van der Waals surface area contributed by atoms with Crippen LogP contribution in [-0.2, 0) is 16.0 Å². The molecule has 0 spiro atoms. The Labute approximate surface area is 145 Å². The molecule has 0 aliphatic carbocycles. The van der Waals surface area contributed by atoms with Gasteiger partial charge in [-0.1, -0.05) is 0 Å². The van der Waals surface area contributed by atoms with Crippen molar-refractivity contribution >= 4 is 23.1 Å². The van der Waals surface area contributed by atoms with E-state index in [9.17, 15) is 9.59 Å². The third-order valence-corrected chi connectivity index (χ3v) is 4.87. The molecule has 0 aliphatic rings. The lowest BCUT2D eigenvalue weighted by Crippen LogP contribution is -2.15. The highest BCUT2D eigenvalue weighted by Gasteiger charge is 2.20. The highest BCUT2D eigenvalue weighted by atomic mass is 32.1. The van der Waals surface area contributed by atoms with Crippen LogP contribution in [0.1, 0.15) is 42.1 Å². The molecular formula is C17H22N2O4S. The van der Waals surface area contributed by atoms with Crippen molar-refractivity contribution in [2.75, 3.05) is 20.3 Å². The molecule has 6 nitrogen and oxygen atoms in total. The fraction of sp³-hybridized carbons (Fsp3) is 0.471. The van der Waals surface area contributed by atoms with E-state index in [0.717, 1.165) is 16.4 Å². The van der Waals surface area contributed by atoms with Crippen LogP contribution in [0.15, 0.2) is 6.07 Å². The number of methoxy groups -OCH3 is 1. The van der Waals surface area contributed by atoms with Gasteiger partial charge in [0.2, 0.25) is 5.78 Å². The van der Waals surface area contributed by atoms with Gasteiger partial charge in [0, 0.05) is 30.6 Å². The van der Waals surface area contributed by atoms with Gasteiger partial charge < -0.3 is 14.0 Å². The number of esters is 1.